The molecule has 1 aliphatic carbocycles. The van der Waals surface area contributed by atoms with Crippen molar-refractivity contribution in [3.05, 3.63) is 81.7 Å². The highest BCUT2D eigenvalue weighted by molar-refractivity contribution is 7.10. The molecule has 5 heterocycles. The van der Waals surface area contributed by atoms with Crippen molar-refractivity contribution in [3.63, 3.8) is 0 Å². The van der Waals surface area contributed by atoms with Gasteiger partial charge in [-0.25, -0.2) is 24.8 Å². The van der Waals surface area contributed by atoms with Gasteiger partial charge in [-0.2, -0.15) is 0 Å². The number of amides is 2. The van der Waals surface area contributed by atoms with E-state index in [-0.39, 0.29) is 36.7 Å². The molecular weight excluding hydrogens is 870 g/mol. The molecule has 3 aliphatic rings. The van der Waals surface area contributed by atoms with E-state index >= 15 is 4.39 Å². The number of aliphatic imine (C=N–C) groups is 1. The summed E-state index contributed by atoms with van der Waals surface area (Å²) in [6, 6.07) is 1.93. The number of aryl methyl sites for hydroxylation is 1. The molecule has 0 spiro atoms. The third-order valence-electron chi connectivity index (χ3n) is 13.1. The molecule has 2 amide bonds. The van der Waals surface area contributed by atoms with Crippen molar-refractivity contribution in [2.24, 2.45) is 16.3 Å². The molecule has 1 aromatic carbocycles. The first-order valence-electron chi connectivity index (χ1n) is 24.0. The van der Waals surface area contributed by atoms with E-state index in [2.05, 4.69) is 53.0 Å². The van der Waals surface area contributed by atoms with Gasteiger partial charge < -0.3 is 24.3 Å². The van der Waals surface area contributed by atoms with Gasteiger partial charge in [0.2, 0.25) is 5.91 Å². The van der Waals surface area contributed by atoms with Gasteiger partial charge in [-0.05, 0) is 113 Å². The molecule has 2 N–H and O–H groups in total. The van der Waals surface area contributed by atoms with Gasteiger partial charge in [0.1, 0.15) is 18.4 Å². The second kappa shape index (κ2) is 22.3. The van der Waals surface area contributed by atoms with Crippen molar-refractivity contribution >= 4 is 52.3 Å². The predicted octanol–water partition coefficient (Wildman–Crippen LogP) is 8.07. The Kier molecular flexibility index (Phi) is 16.6. The highest BCUT2D eigenvalue weighted by Crippen LogP contribution is 2.47. The number of hydrogen-bond donors (Lipinski definition) is 2. The number of fused-ring (bicyclic) bond motifs is 6. The fourth-order valence-electron chi connectivity index (χ4n) is 9.32. The zero-order valence-corrected chi connectivity index (χ0v) is 41.1. The quantitative estimate of drug-likeness (QED) is 0.0785. The van der Waals surface area contributed by atoms with Crippen LogP contribution in [0.1, 0.15) is 114 Å². The molecule has 2 aliphatic heterocycles. The van der Waals surface area contributed by atoms with E-state index in [9.17, 15) is 14.4 Å². The van der Waals surface area contributed by atoms with Gasteiger partial charge in [0, 0.05) is 78.6 Å². The standard InChI is InChI=1S/C51H68FN9O5S/c1-9-18-59(19-10-2)20-12-14-32(4)25-55-41(33(5)65-8)23-44-35(11-3)36-16-17-37-43-28-67-45(56-43)24-42(57-48(62)39-22-38(39)34-26-53-31-54-27-34)49(63)61-21-13-15-40(58-61)50(64)66-30-51(6,7)29-60(44)47(36)46(37)52/h16-17,23,25-28,31,33,38-40,42,58H,4,9-15,18-22,24,29-30H2,1-3,5-8H3,(H,57,62)/b41-23+,55-25?/t33?,38?,39-,40?,42?/m0/s1. The first kappa shape index (κ1) is 49.7. The molecular formula is C51H68FN9O5S. The van der Waals surface area contributed by atoms with Crippen LogP contribution in [0.25, 0.3) is 28.2 Å². The third kappa shape index (κ3) is 11.9. The number of thiazole rings is 1. The lowest BCUT2D eigenvalue weighted by molar-refractivity contribution is -0.155. The Morgan fingerprint density at radius 3 is 2.66 bits per heavy atom. The molecule has 7 rings (SSSR count). The van der Waals surface area contributed by atoms with Crippen molar-refractivity contribution in [2.45, 2.75) is 130 Å². The van der Waals surface area contributed by atoms with Gasteiger partial charge in [-0.1, -0.05) is 47.3 Å². The van der Waals surface area contributed by atoms with Crippen LogP contribution in [-0.4, -0.2) is 112 Å². The third-order valence-corrected chi connectivity index (χ3v) is 13.9. The van der Waals surface area contributed by atoms with Gasteiger partial charge in [-0.3, -0.25) is 24.4 Å². The van der Waals surface area contributed by atoms with E-state index in [0.717, 1.165) is 73.1 Å². The number of nitrogens with zero attached hydrogens (tertiary/aromatic N) is 7. The molecule has 0 radical (unpaired) electrons. The van der Waals surface area contributed by atoms with E-state index in [0.29, 0.717) is 66.3 Å². The average molecular weight is 938 g/mol. The highest BCUT2D eigenvalue weighted by atomic mass is 32.1. The number of nitrogens with one attached hydrogen (secondary N) is 2. The monoisotopic (exact) mass is 938 g/mol. The molecule has 5 atom stereocenters. The SMILES string of the molecule is C=C(C=N/C(=C/c1c(CC)c2ccc3c(F)c2n1CC(C)(C)COC(=O)C1CCCN(N1)C(=O)C(NC(=O)[C@H]1CC1c1cncnc1)Cc1nc-3cs1)C(C)OC)CCCN(CCC)CCC. The first-order chi connectivity index (χ1) is 32.2. The number of cyclic esters (lactones) is 1. The van der Waals surface area contributed by atoms with Crippen LogP contribution in [0.5, 0.6) is 0 Å². The van der Waals surface area contributed by atoms with Crippen molar-refractivity contribution in [2.75, 3.05) is 39.9 Å². The van der Waals surface area contributed by atoms with Crippen molar-refractivity contribution < 1.29 is 28.2 Å². The Hall–Kier alpha value is -5.16. The largest absolute Gasteiger partial charge is 0.464 e. The number of rotatable bonds is 17. The van der Waals surface area contributed by atoms with E-state index in [1.165, 1.54) is 22.7 Å². The smallest absolute Gasteiger partial charge is 0.324 e. The number of ether oxygens (including phenoxy) is 2. The van der Waals surface area contributed by atoms with Gasteiger partial charge in [-0.15, -0.1) is 11.3 Å². The Balaban J connectivity index is 1.26. The number of esters is 1. The van der Waals surface area contributed by atoms with Crippen LogP contribution in [0.3, 0.4) is 0 Å². The van der Waals surface area contributed by atoms with Gasteiger partial charge in [0.05, 0.1) is 34.6 Å². The molecule has 2 fully saturated rings. The number of aromatic nitrogens is 4. The van der Waals surface area contributed by atoms with E-state index in [1.54, 1.807) is 30.9 Å². The number of carbonyl (C=O) groups is 3. The second-order valence-corrected chi connectivity index (χ2v) is 20.0. The maximum absolute atomic E-state index is 17.6. The van der Waals surface area contributed by atoms with Crippen LogP contribution in [0.4, 0.5) is 4.39 Å². The van der Waals surface area contributed by atoms with Crippen molar-refractivity contribution in [3.8, 4) is 11.3 Å². The minimum Gasteiger partial charge on any atom is -0.464 e. The average Bonchev–Trinajstić information content (AvgIpc) is 3.91. The lowest BCUT2D eigenvalue weighted by atomic mass is 9.94. The summed E-state index contributed by atoms with van der Waals surface area (Å²) in [5, 5.41) is 7.55. The Bertz CT molecular complexity index is 2460. The van der Waals surface area contributed by atoms with Gasteiger partial charge in [0.15, 0.2) is 5.82 Å². The molecule has 360 valence electrons. The number of halogens is 1. The molecule has 4 aromatic rings. The molecule has 3 aromatic heterocycles. The van der Waals surface area contributed by atoms with Crippen LogP contribution in [-0.2, 0) is 43.2 Å². The summed E-state index contributed by atoms with van der Waals surface area (Å²) in [6.07, 6.45) is 14.7. The lowest BCUT2D eigenvalue weighted by Crippen LogP contribution is -2.60. The number of carbonyl (C=O) groups excluding carboxylic acids is 3. The number of methoxy groups -OCH3 is 1. The Labute approximate surface area is 398 Å². The molecule has 16 heteroatoms. The van der Waals surface area contributed by atoms with Crippen molar-refractivity contribution in [1.82, 2.24) is 40.2 Å². The molecule has 14 nitrogen and oxygen atoms in total. The van der Waals surface area contributed by atoms with Crippen LogP contribution in [0.2, 0.25) is 0 Å². The van der Waals surface area contributed by atoms with Crippen LogP contribution >= 0.6 is 11.3 Å². The molecule has 1 saturated carbocycles. The van der Waals surface area contributed by atoms with E-state index in [1.807, 2.05) is 43.7 Å². The van der Waals surface area contributed by atoms with E-state index < -0.39 is 35.4 Å². The summed E-state index contributed by atoms with van der Waals surface area (Å²) in [5.41, 5.74) is 7.78. The number of benzene rings is 1. The summed E-state index contributed by atoms with van der Waals surface area (Å²) in [4.78, 5) is 62.5. The maximum Gasteiger partial charge on any atom is 0.324 e. The second-order valence-electron chi connectivity index (χ2n) is 19.0. The Morgan fingerprint density at radius 1 is 1.18 bits per heavy atom. The first-order valence-corrected chi connectivity index (χ1v) is 24.9. The minimum absolute atomic E-state index is 0.0277. The summed E-state index contributed by atoms with van der Waals surface area (Å²) in [7, 11) is 1.65. The topological polar surface area (TPSA) is 156 Å². The van der Waals surface area contributed by atoms with Gasteiger partial charge >= 0.3 is 5.97 Å². The van der Waals surface area contributed by atoms with Crippen LogP contribution in [0.15, 0.2) is 59.1 Å². The summed E-state index contributed by atoms with van der Waals surface area (Å²) < 4.78 is 31.5. The highest BCUT2D eigenvalue weighted by Gasteiger charge is 2.46. The van der Waals surface area contributed by atoms with E-state index in [4.69, 9.17) is 19.5 Å². The zero-order valence-electron chi connectivity index (χ0n) is 40.3. The fourth-order valence-corrected chi connectivity index (χ4v) is 10.2. The minimum atomic E-state index is -1.00. The van der Waals surface area contributed by atoms with Crippen LogP contribution in [0, 0.1) is 17.2 Å². The molecule has 4 unspecified atom stereocenters. The number of hydrogen-bond acceptors (Lipinski definition) is 12. The number of allylic oxidation sites excluding steroid dienone is 1. The fraction of sp³-hybridized carbons (Fsp3) is 0.549. The zero-order chi connectivity index (χ0) is 47.8. The summed E-state index contributed by atoms with van der Waals surface area (Å²) in [5.74, 6) is -1.96. The summed E-state index contributed by atoms with van der Waals surface area (Å²) in [6.45, 7) is 20.6. The summed E-state index contributed by atoms with van der Waals surface area (Å²) >= 11 is 1.31. The maximum atomic E-state index is 17.6. The normalized spacial score (nSPS) is 21.7. The molecule has 67 heavy (non-hydrogen) atoms. The predicted molar refractivity (Wildman–Crippen MR) is 262 cm³/mol. The number of hydrazine groups is 1. The Morgan fingerprint density at radius 2 is 1.94 bits per heavy atom. The lowest BCUT2D eigenvalue weighted by Gasteiger charge is -2.35. The molecule has 1 saturated heterocycles. The van der Waals surface area contributed by atoms with Crippen molar-refractivity contribution in [1.29, 1.82) is 0 Å². The molecule has 6 bridgehead atoms. The van der Waals surface area contributed by atoms with Crippen LogP contribution < -0.4 is 10.7 Å². The van der Waals surface area contributed by atoms with Gasteiger partial charge in [0.25, 0.3) is 5.91 Å².